The standard InChI is InChI=1S/C27H32F2N2OS/c1-3-14-27(28,29)26(32)31-15-13-21(23(17-31)20-9-5-4-6-10-20)16-30-19(2)24-18-33-25-12-8-7-11-22(24)25/h4-12,18-19,21,23,30H,3,13-17H2,1-2H3/t19-,21?,23?/m1/s1. The maximum atomic E-state index is 14.4. The van der Waals surface area contributed by atoms with E-state index in [9.17, 15) is 13.6 Å². The third-order valence-electron chi connectivity index (χ3n) is 6.81. The van der Waals surface area contributed by atoms with E-state index < -0.39 is 18.3 Å². The van der Waals surface area contributed by atoms with Crippen molar-refractivity contribution in [3.05, 3.63) is 71.1 Å². The molecule has 1 fully saturated rings. The molecule has 1 aromatic heterocycles. The Morgan fingerprint density at radius 1 is 1.18 bits per heavy atom. The van der Waals surface area contributed by atoms with E-state index in [4.69, 9.17) is 0 Å². The first-order valence-corrected chi connectivity index (χ1v) is 12.7. The van der Waals surface area contributed by atoms with Crippen LogP contribution in [0.15, 0.2) is 60.0 Å². The van der Waals surface area contributed by atoms with Gasteiger partial charge in [-0.25, -0.2) is 0 Å². The number of benzene rings is 2. The van der Waals surface area contributed by atoms with E-state index in [2.05, 4.69) is 41.9 Å². The molecule has 0 radical (unpaired) electrons. The van der Waals surface area contributed by atoms with Gasteiger partial charge in [0.2, 0.25) is 0 Å². The largest absolute Gasteiger partial charge is 0.337 e. The number of thiophene rings is 1. The zero-order valence-electron chi connectivity index (χ0n) is 19.3. The van der Waals surface area contributed by atoms with Crippen LogP contribution in [0.2, 0.25) is 0 Å². The molecule has 2 unspecified atom stereocenters. The van der Waals surface area contributed by atoms with Crippen LogP contribution >= 0.6 is 11.3 Å². The molecule has 1 N–H and O–H groups in total. The Morgan fingerprint density at radius 3 is 2.67 bits per heavy atom. The molecule has 0 spiro atoms. The van der Waals surface area contributed by atoms with Gasteiger partial charge in [0.05, 0.1) is 0 Å². The van der Waals surface area contributed by atoms with Crippen molar-refractivity contribution in [3.63, 3.8) is 0 Å². The van der Waals surface area contributed by atoms with Crippen LogP contribution in [0.3, 0.4) is 0 Å². The summed E-state index contributed by atoms with van der Waals surface area (Å²) in [5.74, 6) is -4.01. The molecule has 2 heterocycles. The van der Waals surface area contributed by atoms with Gasteiger partial charge in [-0.05, 0) is 60.2 Å². The summed E-state index contributed by atoms with van der Waals surface area (Å²) in [7, 11) is 0. The second-order valence-electron chi connectivity index (χ2n) is 9.09. The lowest BCUT2D eigenvalue weighted by Gasteiger charge is -2.40. The van der Waals surface area contributed by atoms with E-state index in [0.29, 0.717) is 19.5 Å². The summed E-state index contributed by atoms with van der Waals surface area (Å²) in [6, 6.07) is 18.6. The van der Waals surface area contributed by atoms with Crippen LogP contribution in [-0.4, -0.2) is 36.4 Å². The predicted molar refractivity (Wildman–Crippen MR) is 132 cm³/mol. The Bertz CT molecular complexity index is 1070. The van der Waals surface area contributed by atoms with Crippen molar-refractivity contribution in [2.75, 3.05) is 19.6 Å². The van der Waals surface area contributed by atoms with Gasteiger partial charge in [-0.1, -0.05) is 55.5 Å². The molecule has 3 atom stereocenters. The summed E-state index contributed by atoms with van der Waals surface area (Å²) >= 11 is 1.76. The maximum absolute atomic E-state index is 14.4. The van der Waals surface area contributed by atoms with Gasteiger partial charge in [-0.15, -0.1) is 11.3 Å². The number of hydrogen-bond donors (Lipinski definition) is 1. The van der Waals surface area contributed by atoms with Gasteiger partial charge in [0.15, 0.2) is 0 Å². The zero-order chi connectivity index (χ0) is 23.4. The number of fused-ring (bicyclic) bond motifs is 1. The summed E-state index contributed by atoms with van der Waals surface area (Å²) < 4.78 is 30.0. The molecule has 2 aromatic carbocycles. The highest BCUT2D eigenvalue weighted by molar-refractivity contribution is 7.17. The Balaban J connectivity index is 1.48. The molecule has 6 heteroatoms. The first-order chi connectivity index (χ1) is 15.9. The maximum Gasteiger partial charge on any atom is 0.324 e. The van der Waals surface area contributed by atoms with Gasteiger partial charge in [-0.3, -0.25) is 4.79 Å². The number of halogens is 2. The lowest BCUT2D eigenvalue weighted by Crippen LogP contribution is -2.50. The first kappa shape index (κ1) is 23.8. The van der Waals surface area contributed by atoms with Crippen molar-refractivity contribution >= 4 is 27.3 Å². The average molecular weight is 471 g/mol. The molecule has 1 aliphatic rings. The van der Waals surface area contributed by atoms with E-state index in [1.54, 1.807) is 18.3 Å². The van der Waals surface area contributed by atoms with E-state index >= 15 is 0 Å². The second kappa shape index (κ2) is 10.3. The third kappa shape index (κ3) is 5.28. The lowest BCUT2D eigenvalue weighted by molar-refractivity contribution is -0.160. The first-order valence-electron chi connectivity index (χ1n) is 11.8. The molecule has 0 saturated carbocycles. The fourth-order valence-electron chi connectivity index (χ4n) is 4.93. The zero-order valence-corrected chi connectivity index (χ0v) is 20.1. The monoisotopic (exact) mass is 470 g/mol. The molecule has 1 aliphatic heterocycles. The number of hydrogen-bond acceptors (Lipinski definition) is 3. The van der Waals surface area contributed by atoms with Gasteiger partial charge in [-0.2, -0.15) is 8.78 Å². The number of likely N-dealkylation sites (tertiary alicyclic amines) is 1. The number of nitrogens with one attached hydrogen (secondary N) is 1. The van der Waals surface area contributed by atoms with Crippen LogP contribution in [0.25, 0.3) is 10.1 Å². The number of rotatable bonds is 8. The fraction of sp³-hybridized carbons (Fsp3) is 0.444. The van der Waals surface area contributed by atoms with Crippen LogP contribution in [0.1, 0.15) is 56.2 Å². The summed E-state index contributed by atoms with van der Waals surface area (Å²) in [6.45, 7) is 5.35. The molecule has 1 amide bonds. The molecular weight excluding hydrogens is 438 g/mol. The highest BCUT2D eigenvalue weighted by atomic mass is 32.1. The highest BCUT2D eigenvalue weighted by Crippen LogP contribution is 2.36. The smallest absolute Gasteiger partial charge is 0.324 e. The van der Waals surface area contributed by atoms with Gasteiger partial charge < -0.3 is 10.2 Å². The molecule has 0 aliphatic carbocycles. The summed E-state index contributed by atoms with van der Waals surface area (Å²) in [4.78, 5) is 14.0. The molecule has 33 heavy (non-hydrogen) atoms. The summed E-state index contributed by atoms with van der Waals surface area (Å²) in [6.07, 6.45) is 0.601. The van der Waals surface area contributed by atoms with Crippen LogP contribution < -0.4 is 5.32 Å². The number of carbonyl (C=O) groups is 1. The van der Waals surface area contributed by atoms with Crippen LogP contribution in [-0.2, 0) is 4.79 Å². The Hall–Kier alpha value is -2.31. The van der Waals surface area contributed by atoms with E-state index in [0.717, 1.165) is 12.1 Å². The van der Waals surface area contributed by atoms with Crippen LogP contribution in [0.4, 0.5) is 8.78 Å². The van der Waals surface area contributed by atoms with Crippen molar-refractivity contribution in [1.82, 2.24) is 10.2 Å². The number of alkyl halides is 2. The molecular formula is C27H32F2N2OS. The van der Waals surface area contributed by atoms with Crippen molar-refractivity contribution < 1.29 is 13.6 Å². The quantitative estimate of drug-likeness (QED) is 0.401. The molecule has 0 bridgehead atoms. The van der Waals surface area contributed by atoms with E-state index in [-0.39, 0.29) is 24.3 Å². The molecule has 3 nitrogen and oxygen atoms in total. The number of amides is 1. The lowest BCUT2D eigenvalue weighted by atomic mass is 9.80. The minimum absolute atomic E-state index is 0.0280. The fourth-order valence-corrected chi connectivity index (χ4v) is 5.99. The van der Waals surface area contributed by atoms with E-state index in [1.165, 1.54) is 20.5 Å². The normalized spacial score (nSPS) is 20.2. The van der Waals surface area contributed by atoms with E-state index in [1.807, 2.05) is 30.3 Å². The Labute approximate surface area is 198 Å². The van der Waals surface area contributed by atoms with Crippen molar-refractivity contribution in [2.24, 2.45) is 5.92 Å². The highest BCUT2D eigenvalue weighted by Gasteiger charge is 2.43. The number of carbonyl (C=O) groups excluding carboxylic acids is 1. The number of piperidine rings is 1. The molecule has 4 rings (SSSR count). The molecule has 1 saturated heterocycles. The Kier molecular flexibility index (Phi) is 7.45. The SMILES string of the molecule is CCCC(F)(F)C(=O)N1CCC(CN[C@H](C)c2csc3ccccc23)C(c2ccccc2)C1. The second-order valence-corrected chi connectivity index (χ2v) is 10.00. The Morgan fingerprint density at radius 2 is 1.91 bits per heavy atom. The van der Waals surface area contributed by atoms with Crippen molar-refractivity contribution in [3.8, 4) is 0 Å². The summed E-state index contributed by atoms with van der Waals surface area (Å²) in [5.41, 5.74) is 2.40. The molecule has 176 valence electrons. The number of nitrogens with zero attached hydrogens (tertiary/aromatic N) is 1. The van der Waals surface area contributed by atoms with Gasteiger partial charge >= 0.3 is 5.92 Å². The van der Waals surface area contributed by atoms with Crippen molar-refractivity contribution in [1.29, 1.82) is 0 Å². The van der Waals surface area contributed by atoms with Gasteiger partial charge in [0.25, 0.3) is 5.91 Å². The third-order valence-corrected chi connectivity index (χ3v) is 7.79. The van der Waals surface area contributed by atoms with Gasteiger partial charge in [0.1, 0.15) is 0 Å². The molecule has 3 aromatic rings. The average Bonchev–Trinajstić information content (AvgIpc) is 3.27. The predicted octanol–water partition coefficient (Wildman–Crippen LogP) is 6.62. The minimum atomic E-state index is -3.28. The topological polar surface area (TPSA) is 32.3 Å². The van der Waals surface area contributed by atoms with Crippen LogP contribution in [0.5, 0.6) is 0 Å². The summed E-state index contributed by atoms with van der Waals surface area (Å²) in [5, 5.41) is 7.19. The van der Waals surface area contributed by atoms with Gasteiger partial charge in [0, 0.05) is 36.2 Å². The van der Waals surface area contributed by atoms with Crippen molar-refractivity contribution in [2.45, 2.75) is 51.0 Å². The van der Waals surface area contributed by atoms with Crippen LogP contribution in [0, 0.1) is 5.92 Å². The minimum Gasteiger partial charge on any atom is -0.337 e.